The summed E-state index contributed by atoms with van der Waals surface area (Å²) in [4.78, 5) is 34.1. The molecule has 2 amide bonds. The molecule has 2 aromatic heterocycles. The van der Waals surface area contributed by atoms with Crippen molar-refractivity contribution in [3.8, 4) is 16.2 Å². The second-order valence-corrected chi connectivity index (χ2v) is 12.0. The predicted molar refractivity (Wildman–Crippen MR) is 165 cm³/mol. The number of nitrogens with zero attached hydrogens (tertiary/aromatic N) is 3. The molecule has 240 valence electrons. The molecule has 4 N–H and O–H groups in total. The van der Waals surface area contributed by atoms with Gasteiger partial charge < -0.3 is 39.8 Å². The number of aliphatic hydroxyl groups is 1. The Morgan fingerprint density at radius 3 is 2.57 bits per heavy atom. The fourth-order valence-electron chi connectivity index (χ4n) is 5.22. The number of β-amino-alcohol motifs (C(OH)–C–C–N with tert-alkyl or cyclic N) is 1. The molecule has 3 heterocycles. The summed E-state index contributed by atoms with van der Waals surface area (Å²) in [6, 6.07) is 6.75. The van der Waals surface area contributed by atoms with Gasteiger partial charge in [0.05, 0.1) is 54.3 Å². The number of ether oxygens (including phenoxy) is 3. The van der Waals surface area contributed by atoms with E-state index in [1.807, 2.05) is 39.0 Å². The number of amides is 2. The number of rotatable bonds is 16. The van der Waals surface area contributed by atoms with Gasteiger partial charge in [-0.05, 0) is 31.4 Å². The van der Waals surface area contributed by atoms with E-state index in [0.29, 0.717) is 56.8 Å². The van der Waals surface area contributed by atoms with Crippen LogP contribution in [-0.4, -0.2) is 90.2 Å². The van der Waals surface area contributed by atoms with E-state index in [4.69, 9.17) is 24.5 Å². The summed E-state index contributed by atoms with van der Waals surface area (Å²) in [6.45, 7) is 10.3. The van der Waals surface area contributed by atoms with Crippen molar-refractivity contribution in [1.29, 1.82) is 0 Å². The third kappa shape index (κ3) is 8.63. The van der Waals surface area contributed by atoms with Gasteiger partial charge in [0.1, 0.15) is 30.1 Å². The fourth-order valence-corrected chi connectivity index (χ4v) is 6.02. The van der Waals surface area contributed by atoms with Crippen molar-refractivity contribution in [2.75, 3.05) is 46.1 Å². The number of likely N-dealkylation sites (tertiary alicyclic amines) is 1. The van der Waals surface area contributed by atoms with Crippen molar-refractivity contribution in [3.05, 3.63) is 52.5 Å². The van der Waals surface area contributed by atoms with Crippen LogP contribution in [0, 0.1) is 19.8 Å². The Bertz CT molecular complexity index is 1380. The third-order valence-corrected chi connectivity index (χ3v) is 8.38. The number of nitrogens with two attached hydrogens (primary N) is 1. The molecular formula is C31H43N5O7S. The molecule has 0 saturated carbocycles. The molecular weight excluding hydrogens is 586 g/mol. The number of aliphatic hydroxyl groups excluding tert-OH is 1. The number of thiazole rings is 1. The van der Waals surface area contributed by atoms with Crippen molar-refractivity contribution < 1.29 is 33.4 Å². The molecule has 12 nitrogen and oxygen atoms in total. The number of nitrogens with one attached hydrogen (secondary N) is 1. The van der Waals surface area contributed by atoms with Crippen molar-refractivity contribution in [2.24, 2.45) is 11.7 Å². The summed E-state index contributed by atoms with van der Waals surface area (Å²) in [6.07, 6.45) is -0.655. The van der Waals surface area contributed by atoms with E-state index in [9.17, 15) is 14.7 Å². The van der Waals surface area contributed by atoms with Crippen molar-refractivity contribution in [3.63, 3.8) is 0 Å². The average Bonchev–Trinajstić information content (AvgIpc) is 3.73. The van der Waals surface area contributed by atoms with Gasteiger partial charge in [-0.25, -0.2) is 4.98 Å². The number of aromatic nitrogens is 2. The van der Waals surface area contributed by atoms with E-state index in [-0.39, 0.29) is 37.2 Å². The Morgan fingerprint density at radius 1 is 1.16 bits per heavy atom. The van der Waals surface area contributed by atoms with Gasteiger partial charge in [-0.15, -0.1) is 11.3 Å². The highest BCUT2D eigenvalue weighted by molar-refractivity contribution is 7.13. The first-order valence-electron chi connectivity index (χ1n) is 14.9. The smallest absolute Gasteiger partial charge is 0.243 e. The summed E-state index contributed by atoms with van der Waals surface area (Å²) in [5.41, 5.74) is 10.6. The zero-order valence-corrected chi connectivity index (χ0v) is 26.6. The molecule has 1 aliphatic heterocycles. The first-order chi connectivity index (χ1) is 21.2. The molecule has 3 atom stereocenters. The molecule has 0 aliphatic carbocycles. The van der Waals surface area contributed by atoms with Crippen LogP contribution in [0.25, 0.3) is 10.4 Å². The fraction of sp³-hybridized carbons (Fsp3) is 0.548. The Labute approximate surface area is 261 Å². The van der Waals surface area contributed by atoms with Crippen LogP contribution in [0.5, 0.6) is 5.75 Å². The van der Waals surface area contributed by atoms with Crippen molar-refractivity contribution in [2.45, 2.75) is 58.7 Å². The third-order valence-electron chi connectivity index (χ3n) is 7.40. The van der Waals surface area contributed by atoms with E-state index in [1.165, 1.54) is 4.90 Å². The van der Waals surface area contributed by atoms with Crippen LogP contribution in [0.1, 0.15) is 48.9 Å². The molecule has 0 bridgehead atoms. The van der Waals surface area contributed by atoms with Crippen LogP contribution in [0.2, 0.25) is 0 Å². The SMILES string of the molecule is Cc1cc(C(C(=O)N2C[C@H](O)C[C@H]2C(=O)NCc2ccc(-c3scnc3C)cc2OCCOCCOCCN)C(C)C)on1. The lowest BCUT2D eigenvalue weighted by atomic mass is 9.91. The lowest BCUT2D eigenvalue weighted by molar-refractivity contribution is -0.141. The monoisotopic (exact) mass is 629 g/mol. The first kappa shape index (κ1) is 33.5. The Balaban J connectivity index is 1.44. The van der Waals surface area contributed by atoms with Crippen LogP contribution in [0.4, 0.5) is 0 Å². The number of carbonyl (C=O) groups is 2. The predicted octanol–water partition coefficient (Wildman–Crippen LogP) is 2.80. The highest BCUT2D eigenvalue weighted by Crippen LogP contribution is 2.33. The van der Waals surface area contributed by atoms with Gasteiger partial charge in [0.25, 0.3) is 0 Å². The minimum atomic E-state index is -0.818. The van der Waals surface area contributed by atoms with Crippen LogP contribution in [0.15, 0.2) is 34.3 Å². The largest absolute Gasteiger partial charge is 0.491 e. The number of benzene rings is 1. The number of carbonyl (C=O) groups excluding carboxylic acids is 2. The molecule has 44 heavy (non-hydrogen) atoms. The molecule has 0 spiro atoms. The molecule has 1 aliphatic rings. The zero-order chi connectivity index (χ0) is 31.6. The molecule has 1 aromatic carbocycles. The maximum atomic E-state index is 13.7. The summed E-state index contributed by atoms with van der Waals surface area (Å²) in [7, 11) is 0. The highest BCUT2D eigenvalue weighted by Gasteiger charge is 2.43. The lowest BCUT2D eigenvalue weighted by Gasteiger charge is -2.28. The molecule has 13 heteroatoms. The van der Waals surface area contributed by atoms with E-state index < -0.39 is 18.1 Å². The van der Waals surface area contributed by atoms with Gasteiger partial charge in [0.2, 0.25) is 11.8 Å². The van der Waals surface area contributed by atoms with Crippen molar-refractivity contribution in [1.82, 2.24) is 20.4 Å². The summed E-state index contributed by atoms with van der Waals surface area (Å²) in [5.74, 6) is -0.269. The maximum absolute atomic E-state index is 13.7. The van der Waals surface area contributed by atoms with Crippen LogP contribution >= 0.6 is 11.3 Å². The highest BCUT2D eigenvalue weighted by atomic mass is 32.1. The standard InChI is InChI=1S/C31H43N5O7S/c1-19(2)28(27-13-20(3)35-43-27)31(39)36-17-24(37)15-25(36)30(38)33-16-23-6-5-22(29-21(4)34-18-44-29)14-26(23)42-12-11-41-10-9-40-8-7-32/h5-6,13-14,18-19,24-25,28,37H,7-12,15-17,32H2,1-4H3,(H,33,38)/t24-,25+,28?/m1/s1. The quantitative estimate of drug-likeness (QED) is 0.201. The minimum Gasteiger partial charge on any atom is -0.491 e. The Kier molecular flexibility index (Phi) is 12.3. The second kappa shape index (κ2) is 16.1. The van der Waals surface area contributed by atoms with Gasteiger partial charge >= 0.3 is 0 Å². The second-order valence-electron chi connectivity index (χ2n) is 11.2. The Morgan fingerprint density at radius 2 is 1.91 bits per heavy atom. The molecule has 4 rings (SSSR count). The van der Waals surface area contributed by atoms with Gasteiger partial charge in [0.15, 0.2) is 0 Å². The summed E-state index contributed by atoms with van der Waals surface area (Å²) in [5, 5.41) is 17.4. The minimum absolute atomic E-state index is 0.0712. The number of hydrogen-bond acceptors (Lipinski definition) is 11. The summed E-state index contributed by atoms with van der Waals surface area (Å²) < 4.78 is 22.5. The number of aryl methyl sites for hydroxylation is 2. The van der Waals surface area contributed by atoms with Gasteiger partial charge in [-0.2, -0.15) is 0 Å². The van der Waals surface area contributed by atoms with Gasteiger partial charge in [-0.1, -0.05) is 31.1 Å². The van der Waals surface area contributed by atoms with Gasteiger partial charge in [0, 0.05) is 37.7 Å². The maximum Gasteiger partial charge on any atom is 0.243 e. The van der Waals surface area contributed by atoms with Crippen LogP contribution < -0.4 is 15.8 Å². The van der Waals surface area contributed by atoms with E-state index >= 15 is 0 Å². The Hall–Kier alpha value is -3.36. The van der Waals surface area contributed by atoms with Crippen LogP contribution in [-0.2, 0) is 25.6 Å². The molecule has 0 radical (unpaired) electrons. The van der Waals surface area contributed by atoms with Crippen molar-refractivity contribution >= 4 is 23.2 Å². The lowest BCUT2D eigenvalue weighted by Crippen LogP contribution is -2.48. The van der Waals surface area contributed by atoms with E-state index in [0.717, 1.165) is 21.7 Å². The van der Waals surface area contributed by atoms with Gasteiger partial charge in [-0.3, -0.25) is 9.59 Å². The zero-order valence-electron chi connectivity index (χ0n) is 25.8. The number of hydrogen-bond donors (Lipinski definition) is 3. The average molecular weight is 630 g/mol. The first-order valence-corrected chi connectivity index (χ1v) is 15.8. The summed E-state index contributed by atoms with van der Waals surface area (Å²) >= 11 is 1.54. The molecule has 1 saturated heterocycles. The van der Waals surface area contributed by atoms with E-state index in [2.05, 4.69) is 15.5 Å². The topological polar surface area (TPSA) is 162 Å². The molecule has 1 fully saturated rings. The molecule has 1 unspecified atom stereocenters. The van der Waals surface area contributed by atoms with Crippen LogP contribution in [0.3, 0.4) is 0 Å². The normalized spacial score (nSPS) is 17.3. The van der Waals surface area contributed by atoms with E-state index in [1.54, 1.807) is 29.8 Å². The molecule has 3 aromatic rings.